The van der Waals surface area contributed by atoms with Crippen molar-refractivity contribution in [2.24, 2.45) is 5.84 Å². The average molecular weight is 308 g/mol. The van der Waals surface area contributed by atoms with Gasteiger partial charge in [0, 0.05) is 6.54 Å². The first-order chi connectivity index (χ1) is 10.2. The van der Waals surface area contributed by atoms with Crippen molar-refractivity contribution in [3.05, 3.63) is 17.3 Å². The van der Waals surface area contributed by atoms with E-state index in [1.165, 1.54) is 0 Å². The molecule has 0 spiro atoms. The number of thiophene rings is 1. The van der Waals surface area contributed by atoms with Crippen LogP contribution in [0.15, 0.2) is 11.4 Å². The van der Waals surface area contributed by atoms with E-state index < -0.39 is 0 Å². The molecule has 21 heavy (non-hydrogen) atoms. The molecular formula is C13H20N6OS. The number of rotatable bonds is 7. The molecule has 8 heteroatoms. The summed E-state index contributed by atoms with van der Waals surface area (Å²) in [6.45, 7) is 6.13. The molecule has 0 saturated carbocycles. The predicted molar refractivity (Wildman–Crippen MR) is 84.9 cm³/mol. The molecule has 0 aliphatic heterocycles. The zero-order chi connectivity index (χ0) is 15.2. The molecule has 7 nitrogen and oxygen atoms in total. The minimum atomic E-state index is 0.00808. The van der Waals surface area contributed by atoms with Crippen molar-refractivity contribution in [2.75, 3.05) is 25.1 Å². The first-order valence-electron chi connectivity index (χ1n) is 6.87. The van der Waals surface area contributed by atoms with Gasteiger partial charge in [-0.2, -0.15) is 0 Å². The number of carbonyl (C=O) groups is 1. The van der Waals surface area contributed by atoms with Crippen molar-refractivity contribution in [1.82, 2.24) is 20.2 Å². The number of nitrogen functional groups attached to an aromatic ring is 1. The summed E-state index contributed by atoms with van der Waals surface area (Å²) >= 11 is 1.54. The van der Waals surface area contributed by atoms with Crippen LogP contribution in [-0.2, 0) is 11.3 Å². The number of likely N-dealkylation sites (N-methyl/N-ethyl adjacent to an activating group) is 2. The number of carbonyl (C=O) groups excluding carboxylic acids is 1. The van der Waals surface area contributed by atoms with Crippen molar-refractivity contribution in [2.45, 2.75) is 20.4 Å². The van der Waals surface area contributed by atoms with Crippen LogP contribution in [0.1, 0.15) is 19.7 Å². The predicted octanol–water partition coefficient (Wildman–Crippen LogP) is 0.935. The second-order valence-electron chi connectivity index (χ2n) is 4.53. The minimum absolute atomic E-state index is 0.00808. The van der Waals surface area contributed by atoms with Crippen molar-refractivity contribution in [3.8, 4) is 0 Å². The molecular weight excluding hydrogens is 288 g/mol. The lowest BCUT2D eigenvalue weighted by molar-refractivity contribution is -0.122. The van der Waals surface area contributed by atoms with Crippen molar-refractivity contribution < 1.29 is 4.79 Å². The van der Waals surface area contributed by atoms with E-state index in [9.17, 15) is 4.79 Å². The normalized spacial score (nSPS) is 11.0. The Morgan fingerprint density at radius 2 is 2.24 bits per heavy atom. The molecule has 0 bridgehead atoms. The molecule has 2 aromatic rings. The summed E-state index contributed by atoms with van der Waals surface area (Å²) in [5.41, 5.74) is 2.61. The lowest BCUT2D eigenvalue weighted by Gasteiger charge is -2.19. The standard InChI is InChI=1S/C13H20N6OS/c1-3-15-11(20)8-19(4-2)7-10-16-12(18-14)9-5-6-21-13(9)17-10/h5-6H,3-4,7-8,14H2,1-2H3,(H,15,20)(H,16,17,18). The molecule has 0 atom stereocenters. The highest BCUT2D eigenvalue weighted by atomic mass is 32.1. The van der Waals surface area contributed by atoms with Crippen LogP contribution in [0.25, 0.3) is 10.2 Å². The monoisotopic (exact) mass is 308 g/mol. The maximum absolute atomic E-state index is 11.7. The van der Waals surface area contributed by atoms with E-state index in [4.69, 9.17) is 5.84 Å². The first kappa shape index (κ1) is 15.6. The van der Waals surface area contributed by atoms with Gasteiger partial charge < -0.3 is 10.7 Å². The molecule has 0 aliphatic carbocycles. The molecule has 0 fully saturated rings. The van der Waals surface area contributed by atoms with Crippen LogP contribution in [0.4, 0.5) is 5.82 Å². The number of fused-ring (bicyclic) bond motifs is 1. The molecule has 2 heterocycles. The van der Waals surface area contributed by atoms with Crippen molar-refractivity contribution in [3.63, 3.8) is 0 Å². The molecule has 0 aliphatic rings. The Morgan fingerprint density at radius 3 is 2.90 bits per heavy atom. The van der Waals surface area contributed by atoms with Gasteiger partial charge in [0.2, 0.25) is 5.91 Å². The van der Waals surface area contributed by atoms with E-state index in [0.29, 0.717) is 31.3 Å². The van der Waals surface area contributed by atoms with E-state index >= 15 is 0 Å². The Kier molecular flexibility index (Phi) is 5.43. The van der Waals surface area contributed by atoms with E-state index in [-0.39, 0.29) is 5.91 Å². The topological polar surface area (TPSA) is 96.2 Å². The van der Waals surface area contributed by atoms with E-state index in [2.05, 4.69) is 20.7 Å². The Labute approximate surface area is 127 Å². The number of nitrogens with two attached hydrogens (primary N) is 1. The Hall–Kier alpha value is -1.77. The molecule has 4 N–H and O–H groups in total. The van der Waals surface area contributed by atoms with Crippen LogP contribution in [0.5, 0.6) is 0 Å². The van der Waals surface area contributed by atoms with Crippen molar-refractivity contribution >= 4 is 33.3 Å². The molecule has 114 valence electrons. The number of anilines is 1. The molecule has 2 aromatic heterocycles. The third kappa shape index (κ3) is 3.87. The first-order valence-corrected chi connectivity index (χ1v) is 7.75. The smallest absolute Gasteiger partial charge is 0.234 e. The molecule has 0 unspecified atom stereocenters. The van der Waals surface area contributed by atoms with Crippen LogP contribution in [0, 0.1) is 0 Å². The summed E-state index contributed by atoms with van der Waals surface area (Å²) < 4.78 is 0. The fourth-order valence-electron chi connectivity index (χ4n) is 2.02. The zero-order valence-corrected chi connectivity index (χ0v) is 13.0. The van der Waals surface area contributed by atoms with Crippen LogP contribution in [-0.4, -0.2) is 40.4 Å². The van der Waals surface area contributed by atoms with E-state index in [1.807, 2.05) is 30.2 Å². The van der Waals surface area contributed by atoms with Gasteiger partial charge in [-0.15, -0.1) is 11.3 Å². The number of nitrogens with zero attached hydrogens (tertiary/aromatic N) is 3. The second kappa shape index (κ2) is 7.30. The number of hydrogen-bond donors (Lipinski definition) is 3. The van der Waals surface area contributed by atoms with Gasteiger partial charge >= 0.3 is 0 Å². The van der Waals surface area contributed by atoms with Crippen LogP contribution in [0.2, 0.25) is 0 Å². The van der Waals surface area contributed by atoms with Crippen LogP contribution >= 0.6 is 11.3 Å². The highest BCUT2D eigenvalue weighted by molar-refractivity contribution is 7.16. The van der Waals surface area contributed by atoms with Gasteiger partial charge in [0.05, 0.1) is 18.5 Å². The van der Waals surface area contributed by atoms with Gasteiger partial charge in [-0.1, -0.05) is 6.92 Å². The summed E-state index contributed by atoms with van der Waals surface area (Å²) in [4.78, 5) is 23.5. The molecule has 2 rings (SSSR count). The molecule has 1 amide bonds. The van der Waals surface area contributed by atoms with Crippen LogP contribution < -0.4 is 16.6 Å². The zero-order valence-electron chi connectivity index (χ0n) is 12.2. The average Bonchev–Trinajstić information content (AvgIpc) is 2.94. The summed E-state index contributed by atoms with van der Waals surface area (Å²) in [5.74, 6) is 6.79. The lowest BCUT2D eigenvalue weighted by Crippen LogP contribution is -2.37. The summed E-state index contributed by atoms with van der Waals surface area (Å²) in [5, 5.41) is 5.66. The Bertz CT molecular complexity index is 614. The largest absolute Gasteiger partial charge is 0.355 e. The van der Waals surface area contributed by atoms with Crippen molar-refractivity contribution in [1.29, 1.82) is 0 Å². The summed E-state index contributed by atoms with van der Waals surface area (Å²) in [6.07, 6.45) is 0. The Morgan fingerprint density at radius 1 is 1.43 bits per heavy atom. The maximum Gasteiger partial charge on any atom is 0.234 e. The third-order valence-electron chi connectivity index (χ3n) is 3.06. The Balaban J connectivity index is 2.15. The number of aromatic nitrogens is 2. The molecule has 0 aromatic carbocycles. The summed E-state index contributed by atoms with van der Waals surface area (Å²) in [7, 11) is 0. The van der Waals surface area contributed by atoms with Gasteiger partial charge in [0.1, 0.15) is 10.7 Å². The number of hydrazine groups is 1. The summed E-state index contributed by atoms with van der Waals surface area (Å²) in [6, 6.07) is 1.94. The van der Waals surface area contributed by atoms with E-state index in [0.717, 1.165) is 16.8 Å². The number of amides is 1. The maximum atomic E-state index is 11.7. The number of hydrogen-bond acceptors (Lipinski definition) is 7. The van der Waals surface area contributed by atoms with Gasteiger partial charge in [-0.25, -0.2) is 15.8 Å². The van der Waals surface area contributed by atoms with E-state index in [1.54, 1.807) is 11.3 Å². The quantitative estimate of drug-likeness (QED) is 0.520. The highest BCUT2D eigenvalue weighted by Crippen LogP contribution is 2.24. The van der Waals surface area contributed by atoms with Gasteiger partial charge in [-0.3, -0.25) is 9.69 Å². The van der Waals surface area contributed by atoms with Gasteiger partial charge in [0.15, 0.2) is 5.82 Å². The lowest BCUT2D eigenvalue weighted by atomic mass is 10.3. The van der Waals surface area contributed by atoms with Crippen LogP contribution in [0.3, 0.4) is 0 Å². The van der Waals surface area contributed by atoms with Gasteiger partial charge in [0.25, 0.3) is 0 Å². The molecule has 0 saturated heterocycles. The number of nitrogens with one attached hydrogen (secondary N) is 2. The molecule has 0 radical (unpaired) electrons. The minimum Gasteiger partial charge on any atom is -0.355 e. The third-order valence-corrected chi connectivity index (χ3v) is 3.87. The van der Waals surface area contributed by atoms with Gasteiger partial charge in [-0.05, 0) is 24.9 Å². The fourth-order valence-corrected chi connectivity index (χ4v) is 2.80. The highest BCUT2D eigenvalue weighted by Gasteiger charge is 2.13. The second-order valence-corrected chi connectivity index (χ2v) is 5.42. The fraction of sp³-hybridized carbons (Fsp3) is 0.462. The SMILES string of the molecule is CCNC(=O)CN(CC)Cc1nc(NN)c2ccsc2n1.